The van der Waals surface area contributed by atoms with Crippen LogP contribution in [0.15, 0.2) is 0 Å². The van der Waals surface area contributed by atoms with Gasteiger partial charge >= 0.3 is 0 Å². The molecule has 14 heavy (non-hydrogen) atoms. The fourth-order valence-electron chi connectivity index (χ4n) is 1.52. The number of hydrogen-bond acceptors (Lipinski definition) is 4. The van der Waals surface area contributed by atoms with Gasteiger partial charge in [0, 0.05) is 13.1 Å². The van der Waals surface area contributed by atoms with Crippen molar-refractivity contribution in [3.05, 3.63) is 0 Å². The molecule has 2 atom stereocenters. The summed E-state index contributed by atoms with van der Waals surface area (Å²) in [6.07, 6.45) is -0.483. The van der Waals surface area contributed by atoms with Gasteiger partial charge in [0.1, 0.15) is 0 Å². The van der Waals surface area contributed by atoms with Crippen molar-refractivity contribution in [2.24, 2.45) is 5.41 Å². The highest BCUT2D eigenvalue weighted by molar-refractivity contribution is 4.93. The molecule has 0 radical (unpaired) electrons. The summed E-state index contributed by atoms with van der Waals surface area (Å²) in [7, 11) is 0. The summed E-state index contributed by atoms with van der Waals surface area (Å²) in [4.78, 5) is 1.99. The van der Waals surface area contributed by atoms with Gasteiger partial charge in [0.05, 0.1) is 23.7 Å². The van der Waals surface area contributed by atoms with Crippen molar-refractivity contribution in [3.8, 4) is 6.07 Å². The van der Waals surface area contributed by atoms with Crippen molar-refractivity contribution >= 4 is 0 Å². The van der Waals surface area contributed by atoms with Gasteiger partial charge in [0.15, 0.2) is 0 Å². The minimum absolute atomic E-state index is 0.321. The van der Waals surface area contributed by atoms with Crippen LogP contribution in [0.2, 0.25) is 0 Å². The molecule has 0 saturated carbocycles. The van der Waals surface area contributed by atoms with E-state index in [2.05, 4.69) is 6.07 Å². The third kappa shape index (κ3) is 2.95. The number of nitriles is 1. The zero-order valence-electron chi connectivity index (χ0n) is 8.77. The van der Waals surface area contributed by atoms with E-state index in [0.29, 0.717) is 13.1 Å². The van der Waals surface area contributed by atoms with Crippen LogP contribution >= 0.6 is 0 Å². The van der Waals surface area contributed by atoms with E-state index >= 15 is 0 Å². The summed E-state index contributed by atoms with van der Waals surface area (Å²) < 4.78 is 0. The molecule has 1 saturated heterocycles. The van der Waals surface area contributed by atoms with Crippen molar-refractivity contribution in [2.75, 3.05) is 19.6 Å². The number of nitrogens with zero attached hydrogens (tertiary/aromatic N) is 2. The van der Waals surface area contributed by atoms with E-state index in [1.54, 1.807) is 0 Å². The second-order valence-electron chi connectivity index (χ2n) is 4.64. The molecule has 0 amide bonds. The molecule has 1 aliphatic rings. The third-order valence-corrected chi connectivity index (χ3v) is 2.69. The smallest absolute Gasteiger partial charge is 0.0938 e. The van der Waals surface area contributed by atoms with Crippen molar-refractivity contribution < 1.29 is 10.2 Å². The fourth-order valence-corrected chi connectivity index (χ4v) is 1.52. The first kappa shape index (κ1) is 11.4. The number of β-amino-alcohol motifs (C(OH)–C–C–N with tert-alkyl or cyclic N) is 2. The lowest BCUT2D eigenvalue weighted by Gasteiger charge is -2.20. The number of aliphatic hydroxyl groups is 2. The molecule has 1 fully saturated rings. The third-order valence-electron chi connectivity index (χ3n) is 2.69. The van der Waals surface area contributed by atoms with Crippen LogP contribution in [0, 0.1) is 16.7 Å². The first-order valence-electron chi connectivity index (χ1n) is 4.94. The number of likely N-dealkylation sites (tertiary alicyclic amines) is 1. The van der Waals surface area contributed by atoms with Gasteiger partial charge in [0.2, 0.25) is 0 Å². The first-order valence-corrected chi connectivity index (χ1v) is 4.94. The highest BCUT2D eigenvalue weighted by Crippen LogP contribution is 2.20. The second-order valence-corrected chi connectivity index (χ2v) is 4.64. The van der Waals surface area contributed by atoms with E-state index < -0.39 is 12.2 Å². The van der Waals surface area contributed by atoms with Crippen LogP contribution in [0.4, 0.5) is 0 Å². The monoisotopic (exact) mass is 198 g/mol. The highest BCUT2D eigenvalue weighted by atomic mass is 16.3. The van der Waals surface area contributed by atoms with Crippen LogP contribution in [-0.4, -0.2) is 47.0 Å². The summed E-state index contributed by atoms with van der Waals surface area (Å²) in [5.41, 5.74) is -0.321. The topological polar surface area (TPSA) is 67.5 Å². The van der Waals surface area contributed by atoms with Crippen LogP contribution in [0.3, 0.4) is 0 Å². The van der Waals surface area contributed by atoms with E-state index in [0.717, 1.165) is 13.0 Å². The van der Waals surface area contributed by atoms with E-state index in [4.69, 9.17) is 5.26 Å². The van der Waals surface area contributed by atoms with Crippen molar-refractivity contribution in [1.29, 1.82) is 5.26 Å². The van der Waals surface area contributed by atoms with Crippen LogP contribution in [0.5, 0.6) is 0 Å². The summed E-state index contributed by atoms with van der Waals surface area (Å²) in [6, 6.07) is 2.24. The summed E-state index contributed by atoms with van der Waals surface area (Å²) in [5.74, 6) is 0. The Kier molecular flexibility index (Phi) is 3.48. The molecule has 2 N–H and O–H groups in total. The van der Waals surface area contributed by atoms with Gasteiger partial charge in [-0.1, -0.05) is 0 Å². The Morgan fingerprint density at radius 2 is 1.86 bits per heavy atom. The van der Waals surface area contributed by atoms with Gasteiger partial charge in [0.25, 0.3) is 0 Å². The Bertz CT molecular complexity index is 225. The number of hydrogen-bond donors (Lipinski definition) is 2. The Morgan fingerprint density at radius 1 is 1.36 bits per heavy atom. The van der Waals surface area contributed by atoms with Gasteiger partial charge < -0.3 is 10.2 Å². The zero-order chi connectivity index (χ0) is 10.8. The van der Waals surface area contributed by atoms with Gasteiger partial charge in [-0.3, -0.25) is 4.90 Å². The standard InChI is InChI=1S/C10H18N2O2/c1-10(2,7-11)3-4-12-5-8(13)9(14)6-12/h8-9,13-14H,3-6H2,1-2H3. The summed E-state index contributed by atoms with van der Waals surface area (Å²) >= 11 is 0. The van der Waals surface area contributed by atoms with E-state index in [-0.39, 0.29) is 5.41 Å². The summed E-state index contributed by atoms with van der Waals surface area (Å²) in [5, 5.41) is 27.4. The van der Waals surface area contributed by atoms with Crippen LogP contribution < -0.4 is 0 Å². The number of aliphatic hydroxyl groups excluding tert-OH is 2. The molecule has 0 aliphatic carbocycles. The maximum Gasteiger partial charge on any atom is 0.0938 e. The Labute approximate surface area is 84.8 Å². The van der Waals surface area contributed by atoms with Gasteiger partial charge in [-0.05, 0) is 26.8 Å². The maximum absolute atomic E-state index is 9.30. The van der Waals surface area contributed by atoms with Gasteiger partial charge in [-0.25, -0.2) is 0 Å². The molecule has 4 heteroatoms. The Hall–Kier alpha value is -0.630. The highest BCUT2D eigenvalue weighted by Gasteiger charge is 2.30. The molecule has 0 aromatic rings. The van der Waals surface area contributed by atoms with Crippen molar-refractivity contribution in [2.45, 2.75) is 32.5 Å². The molecule has 2 unspecified atom stereocenters. The molecule has 1 heterocycles. The quantitative estimate of drug-likeness (QED) is 0.668. The normalized spacial score (nSPS) is 29.1. The molecule has 1 aliphatic heterocycles. The Balaban J connectivity index is 2.31. The predicted molar refractivity (Wildman–Crippen MR) is 52.5 cm³/mol. The molecule has 0 aromatic carbocycles. The van der Waals surface area contributed by atoms with Gasteiger partial charge in [-0.15, -0.1) is 0 Å². The Morgan fingerprint density at radius 3 is 2.29 bits per heavy atom. The lowest BCUT2D eigenvalue weighted by Crippen LogP contribution is -2.26. The average Bonchev–Trinajstić information content (AvgIpc) is 2.44. The predicted octanol–water partition coefficient (Wildman–Crippen LogP) is -0.0363. The minimum atomic E-state index is -0.625. The molecule has 1 rings (SSSR count). The largest absolute Gasteiger partial charge is 0.389 e. The first-order chi connectivity index (χ1) is 6.44. The molecule has 0 bridgehead atoms. The molecular weight excluding hydrogens is 180 g/mol. The van der Waals surface area contributed by atoms with Crippen molar-refractivity contribution in [1.82, 2.24) is 4.90 Å². The van der Waals surface area contributed by atoms with Crippen LogP contribution in [-0.2, 0) is 0 Å². The molecular formula is C10H18N2O2. The van der Waals surface area contributed by atoms with E-state index in [9.17, 15) is 10.2 Å². The minimum Gasteiger partial charge on any atom is -0.389 e. The van der Waals surface area contributed by atoms with E-state index in [1.165, 1.54) is 0 Å². The van der Waals surface area contributed by atoms with Gasteiger partial charge in [-0.2, -0.15) is 5.26 Å². The SMILES string of the molecule is CC(C)(C#N)CCN1CC(O)C(O)C1. The molecule has 0 spiro atoms. The average molecular weight is 198 g/mol. The van der Waals surface area contributed by atoms with Crippen molar-refractivity contribution in [3.63, 3.8) is 0 Å². The lowest BCUT2D eigenvalue weighted by atomic mass is 9.91. The number of rotatable bonds is 3. The zero-order valence-corrected chi connectivity index (χ0v) is 8.77. The van der Waals surface area contributed by atoms with E-state index in [1.807, 2.05) is 18.7 Å². The molecule has 0 aromatic heterocycles. The molecule has 80 valence electrons. The maximum atomic E-state index is 9.30. The molecule has 4 nitrogen and oxygen atoms in total. The van der Waals surface area contributed by atoms with Crippen LogP contribution in [0.25, 0.3) is 0 Å². The summed E-state index contributed by atoms with van der Waals surface area (Å²) in [6.45, 7) is 5.59. The second kappa shape index (κ2) is 4.26. The fraction of sp³-hybridized carbons (Fsp3) is 0.900. The van der Waals surface area contributed by atoms with Crippen LogP contribution in [0.1, 0.15) is 20.3 Å². The lowest BCUT2D eigenvalue weighted by molar-refractivity contribution is 0.0572.